The lowest BCUT2D eigenvalue weighted by atomic mass is 9.89. The zero-order valence-electron chi connectivity index (χ0n) is 12.3. The van der Waals surface area contributed by atoms with E-state index in [2.05, 4.69) is 20.6 Å². The molecule has 21 heavy (non-hydrogen) atoms. The van der Waals surface area contributed by atoms with Gasteiger partial charge in [0.1, 0.15) is 0 Å². The average Bonchev–Trinajstić information content (AvgIpc) is 2.88. The van der Waals surface area contributed by atoms with Crippen LogP contribution in [0.4, 0.5) is 0 Å². The number of carbonyl (C=O) groups is 2. The second-order valence-electron chi connectivity index (χ2n) is 5.61. The Hall–Kier alpha value is -1.99. The van der Waals surface area contributed by atoms with Crippen molar-refractivity contribution in [2.24, 2.45) is 11.3 Å². The van der Waals surface area contributed by atoms with Crippen molar-refractivity contribution >= 4 is 11.8 Å². The maximum Gasteiger partial charge on any atom is 0.266 e. The largest absolute Gasteiger partial charge is 0.359 e. The van der Waals surface area contributed by atoms with Crippen LogP contribution in [0.3, 0.4) is 0 Å². The van der Waals surface area contributed by atoms with E-state index in [0.717, 1.165) is 18.7 Å². The third-order valence-corrected chi connectivity index (χ3v) is 3.93. The number of hydrogen-bond donors (Lipinski definition) is 3. The fraction of sp³-hybridized carbons (Fsp3) is 0.500. The number of rotatable bonds is 4. The molecule has 1 aromatic heterocycles. The van der Waals surface area contributed by atoms with Gasteiger partial charge in [-0.3, -0.25) is 24.9 Å². The van der Waals surface area contributed by atoms with Gasteiger partial charge in [0.15, 0.2) is 0 Å². The summed E-state index contributed by atoms with van der Waals surface area (Å²) < 4.78 is 0. The SMILES string of the molecule is CNC(=O)C1(C)CCN(Cc2ccc(C(=O)NN)cn2)C1. The number of carbonyl (C=O) groups excluding carboxylic acids is 2. The van der Waals surface area contributed by atoms with Crippen molar-refractivity contribution in [3.05, 3.63) is 29.6 Å². The van der Waals surface area contributed by atoms with Crippen LogP contribution in [0.25, 0.3) is 0 Å². The Bertz CT molecular complexity index is 531. The summed E-state index contributed by atoms with van der Waals surface area (Å²) in [7, 11) is 1.67. The number of nitrogen functional groups attached to an aromatic ring is 1. The molecule has 114 valence electrons. The third-order valence-electron chi connectivity index (χ3n) is 3.93. The van der Waals surface area contributed by atoms with Gasteiger partial charge in [0.05, 0.1) is 16.7 Å². The minimum Gasteiger partial charge on any atom is -0.359 e. The van der Waals surface area contributed by atoms with E-state index in [1.165, 1.54) is 6.20 Å². The summed E-state index contributed by atoms with van der Waals surface area (Å²) in [6.07, 6.45) is 2.34. The van der Waals surface area contributed by atoms with Crippen molar-refractivity contribution in [2.75, 3.05) is 20.1 Å². The van der Waals surface area contributed by atoms with Crippen molar-refractivity contribution in [3.8, 4) is 0 Å². The van der Waals surface area contributed by atoms with Crippen LogP contribution in [0.1, 0.15) is 29.4 Å². The lowest BCUT2D eigenvalue weighted by Gasteiger charge is -2.22. The molecule has 1 saturated heterocycles. The second kappa shape index (κ2) is 6.19. The predicted molar refractivity (Wildman–Crippen MR) is 78.0 cm³/mol. The molecule has 4 N–H and O–H groups in total. The molecule has 2 rings (SSSR count). The summed E-state index contributed by atoms with van der Waals surface area (Å²) in [4.78, 5) is 29.7. The van der Waals surface area contributed by atoms with Gasteiger partial charge < -0.3 is 5.32 Å². The molecule has 0 aromatic carbocycles. The van der Waals surface area contributed by atoms with Crippen LogP contribution in [0.15, 0.2) is 18.3 Å². The normalized spacial score (nSPS) is 22.0. The van der Waals surface area contributed by atoms with Crippen molar-refractivity contribution in [2.45, 2.75) is 19.9 Å². The molecule has 1 atom stereocenters. The molecule has 0 aliphatic carbocycles. The molecule has 0 spiro atoms. The Labute approximate surface area is 123 Å². The van der Waals surface area contributed by atoms with Crippen LogP contribution < -0.4 is 16.6 Å². The summed E-state index contributed by atoms with van der Waals surface area (Å²) in [5.74, 6) is 4.79. The van der Waals surface area contributed by atoms with Crippen LogP contribution in [0.5, 0.6) is 0 Å². The maximum atomic E-state index is 11.9. The number of nitrogens with one attached hydrogen (secondary N) is 2. The van der Waals surface area contributed by atoms with Gasteiger partial charge in [0.25, 0.3) is 5.91 Å². The van der Waals surface area contributed by atoms with E-state index in [-0.39, 0.29) is 17.2 Å². The van der Waals surface area contributed by atoms with Crippen LogP contribution >= 0.6 is 0 Å². The van der Waals surface area contributed by atoms with Crippen molar-refractivity contribution in [1.82, 2.24) is 20.6 Å². The van der Waals surface area contributed by atoms with E-state index in [1.54, 1.807) is 19.2 Å². The number of likely N-dealkylation sites (tertiary alicyclic amines) is 1. The molecule has 7 nitrogen and oxygen atoms in total. The molecule has 0 bridgehead atoms. The number of aromatic nitrogens is 1. The van der Waals surface area contributed by atoms with Crippen LogP contribution in [0, 0.1) is 5.41 Å². The Morgan fingerprint density at radius 3 is 2.81 bits per heavy atom. The topological polar surface area (TPSA) is 100 Å². The standard InChI is InChI=1S/C14H21N5O2/c1-14(13(21)16-2)5-6-19(9-14)8-11-4-3-10(7-17-11)12(20)18-15/h3-4,7H,5-6,8-9,15H2,1-2H3,(H,16,21)(H,18,20). The number of hydrogen-bond acceptors (Lipinski definition) is 5. The molecule has 7 heteroatoms. The molecule has 1 fully saturated rings. The molecular weight excluding hydrogens is 270 g/mol. The molecular formula is C14H21N5O2. The van der Waals surface area contributed by atoms with Crippen LogP contribution in [0.2, 0.25) is 0 Å². The van der Waals surface area contributed by atoms with Crippen molar-refractivity contribution in [1.29, 1.82) is 0 Å². The number of amides is 2. The summed E-state index contributed by atoms with van der Waals surface area (Å²) in [6.45, 7) is 4.21. The zero-order chi connectivity index (χ0) is 15.5. The molecule has 0 saturated carbocycles. The highest BCUT2D eigenvalue weighted by Crippen LogP contribution is 2.30. The highest BCUT2D eigenvalue weighted by atomic mass is 16.2. The molecule has 2 heterocycles. The van der Waals surface area contributed by atoms with Crippen molar-refractivity contribution in [3.63, 3.8) is 0 Å². The van der Waals surface area contributed by atoms with Crippen molar-refractivity contribution < 1.29 is 9.59 Å². The quantitative estimate of drug-likeness (QED) is 0.400. The fourth-order valence-corrected chi connectivity index (χ4v) is 2.64. The van der Waals surface area contributed by atoms with Gasteiger partial charge in [-0.15, -0.1) is 0 Å². The minimum absolute atomic E-state index is 0.0768. The van der Waals surface area contributed by atoms with Gasteiger partial charge in [-0.1, -0.05) is 0 Å². The van der Waals surface area contributed by atoms with Gasteiger partial charge in [0, 0.05) is 26.3 Å². The summed E-state index contributed by atoms with van der Waals surface area (Å²) in [6, 6.07) is 3.50. The van der Waals surface area contributed by atoms with Gasteiger partial charge in [0.2, 0.25) is 5.91 Å². The van der Waals surface area contributed by atoms with Crippen LogP contribution in [-0.2, 0) is 11.3 Å². The third kappa shape index (κ3) is 3.37. The monoisotopic (exact) mass is 291 g/mol. The molecule has 1 aliphatic rings. The first-order chi connectivity index (χ1) is 9.98. The van der Waals surface area contributed by atoms with E-state index in [0.29, 0.717) is 18.7 Å². The molecule has 1 aromatic rings. The minimum atomic E-state index is -0.359. The smallest absolute Gasteiger partial charge is 0.266 e. The fourth-order valence-electron chi connectivity index (χ4n) is 2.64. The lowest BCUT2D eigenvalue weighted by molar-refractivity contribution is -0.129. The summed E-state index contributed by atoms with van der Waals surface area (Å²) in [5, 5.41) is 2.72. The lowest BCUT2D eigenvalue weighted by Crippen LogP contribution is -2.39. The van der Waals surface area contributed by atoms with Crippen LogP contribution in [-0.4, -0.2) is 41.8 Å². The summed E-state index contributed by atoms with van der Waals surface area (Å²) in [5.41, 5.74) is 3.02. The summed E-state index contributed by atoms with van der Waals surface area (Å²) >= 11 is 0. The molecule has 1 unspecified atom stereocenters. The van der Waals surface area contributed by atoms with Gasteiger partial charge >= 0.3 is 0 Å². The van der Waals surface area contributed by atoms with Gasteiger partial charge in [-0.2, -0.15) is 0 Å². The Balaban J connectivity index is 1.97. The Morgan fingerprint density at radius 1 is 1.48 bits per heavy atom. The number of nitrogens with two attached hydrogens (primary N) is 1. The van der Waals surface area contributed by atoms with Gasteiger partial charge in [-0.05, 0) is 32.0 Å². The first-order valence-corrected chi connectivity index (χ1v) is 6.89. The number of hydrazine groups is 1. The predicted octanol–water partition coefficient (Wildman–Crippen LogP) is -0.357. The average molecular weight is 291 g/mol. The van der Waals surface area contributed by atoms with Gasteiger partial charge in [-0.25, -0.2) is 5.84 Å². The molecule has 0 radical (unpaired) electrons. The first kappa shape index (κ1) is 15.4. The second-order valence-corrected chi connectivity index (χ2v) is 5.61. The molecule has 2 amide bonds. The van der Waals surface area contributed by atoms with E-state index >= 15 is 0 Å². The first-order valence-electron chi connectivity index (χ1n) is 6.89. The highest BCUT2D eigenvalue weighted by Gasteiger charge is 2.39. The zero-order valence-corrected chi connectivity index (χ0v) is 12.3. The van der Waals surface area contributed by atoms with E-state index in [9.17, 15) is 9.59 Å². The van der Waals surface area contributed by atoms with E-state index in [1.807, 2.05) is 6.92 Å². The number of nitrogens with zero attached hydrogens (tertiary/aromatic N) is 2. The Morgan fingerprint density at radius 2 is 2.24 bits per heavy atom. The Kier molecular flexibility index (Phi) is 4.54. The number of pyridine rings is 1. The highest BCUT2D eigenvalue weighted by molar-refractivity contribution is 5.93. The maximum absolute atomic E-state index is 11.9. The van der Waals surface area contributed by atoms with E-state index in [4.69, 9.17) is 5.84 Å². The molecule has 1 aliphatic heterocycles. The van der Waals surface area contributed by atoms with E-state index < -0.39 is 0 Å².